The van der Waals surface area contributed by atoms with E-state index in [1.807, 2.05) is 0 Å². The molecule has 0 amide bonds. The number of rotatable bonds is 17. The van der Waals surface area contributed by atoms with Gasteiger partial charge in [0, 0.05) is 42.9 Å². The second kappa shape index (κ2) is 16.8. The Balaban J connectivity index is 4.57. The van der Waals surface area contributed by atoms with Crippen LogP contribution in [-0.4, -0.2) is 82.3 Å². The van der Waals surface area contributed by atoms with Crippen molar-refractivity contribution in [2.75, 3.05) is 38.8 Å². The van der Waals surface area contributed by atoms with Crippen molar-refractivity contribution < 1.29 is 14.1 Å². The summed E-state index contributed by atoms with van der Waals surface area (Å²) >= 11 is 1.37. The van der Waals surface area contributed by atoms with Gasteiger partial charge in [0.25, 0.3) is 0 Å². The zero-order valence-electron chi connectivity index (χ0n) is 21.2. The van der Waals surface area contributed by atoms with E-state index in [0.717, 1.165) is 19.6 Å². The summed E-state index contributed by atoms with van der Waals surface area (Å²) in [6.07, 6.45) is 0.601. The molecule has 0 aliphatic heterocycles. The first kappa shape index (κ1) is 30.2. The Morgan fingerprint density at radius 1 is 0.867 bits per heavy atom. The largest absolute Gasteiger partial charge is 0.354 e. The van der Waals surface area contributed by atoms with Gasteiger partial charge in [-0.2, -0.15) is 0 Å². The van der Waals surface area contributed by atoms with E-state index >= 15 is 0 Å². The lowest BCUT2D eigenvalue weighted by Crippen LogP contribution is -2.43. The van der Waals surface area contributed by atoms with Crippen LogP contribution in [0.3, 0.4) is 0 Å². The van der Waals surface area contributed by atoms with Crippen molar-refractivity contribution in [3.63, 3.8) is 0 Å². The van der Waals surface area contributed by atoms with E-state index in [2.05, 4.69) is 83.5 Å². The van der Waals surface area contributed by atoms with Gasteiger partial charge >= 0.3 is 0 Å². The standard InChI is InChI=1S/C22H48N3O3PS/c1-11-23(12-2)14-13-22(26)30-16-15-27-17-28-29(24(18(3)4)19(5)6)25(20(7)8)21(9)10/h18-21H,11-17H2,1-10H3. The van der Waals surface area contributed by atoms with Gasteiger partial charge in [0.15, 0.2) is 20.4 Å². The van der Waals surface area contributed by atoms with Gasteiger partial charge in [0.1, 0.15) is 0 Å². The van der Waals surface area contributed by atoms with Gasteiger partial charge in [-0.1, -0.05) is 25.6 Å². The summed E-state index contributed by atoms with van der Waals surface area (Å²) in [7, 11) is -0.933. The lowest BCUT2D eigenvalue weighted by Gasteiger charge is -2.45. The van der Waals surface area contributed by atoms with Crippen LogP contribution in [0.15, 0.2) is 0 Å². The number of ether oxygens (including phenoxy) is 1. The highest BCUT2D eigenvalue weighted by Crippen LogP contribution is 2.50. The number of carbonyl (C=O) groups excluding carboxylic acids is 1. The molecule has 0 atom stereocenters. The number of thioether (sulfide) groups is 1. The summed E-state index contributed by atoms with van der Waals surface area (Å²) in [4.78, 5) is 14.3. The van der Waals surface area contributed by atoms with Crippen LogP contribution in [0.4, 0.5) is 0 Å². The van der Waals surface area contributed by atoms with Gasteiger partial charge in [-0.15, -0.1) is 0 Å². The summed E-state index contributed by atoms with van der Waals surface area (Å²) in [5.41, 5.74) is 0. The molecule has 0 aromatic rings. The molecule has 0 spiro atoms. The molecule has 6 nitrogen and oxygen atoms in total. The Labute approximate surface area is 192 Å². The molecule has 0 bridgehead atoms. The van der Waals surface area contributed by atoms with Crippen LogP contribution in [0.1, 0.15) is 75.7 Å². The van der Waals surface area contributed by atoms with E-state index in [-0.39, 0.29) is 11.9 Å². The highest BCUT2D eigenvalue weighted by Gasteiger charge is 2.34. The van der Waals surface area contributed by atoms with Crippen LogP contribution in [0.2, 0.25) is 0 Å². The maximum absolute atomic E-state index is 12.0. The molecule has 0 aliphatic carbocycles. The third kappa shape index (κ3) is 11.8. The van der Waals surface area contributed by atoms with Gasteiger partial charge in [0.05, 0.1) is 6.61 Å². The zero-order valence-corrected chi connectivity index (χ0v) is 22.9. The molecular formula is C22H48N3O3PS. The second-order valence-electron chi connectivity index (χ2n) is 8.54. The zero-order chi connectivity index (χ0) is 23.3. The lowest BCUT2D eigenvalue weighted by atomic mass is 10.3. The van der Waals surface area contributed by atoms with E-state index in [1.165, 1.54) is 11.8 Å². The summed E-state index contributed by atoms with van der Waals surface area (Å²) in [5, 5.41) is 0.241. The molecular weight excluding hydrogens is 417 g/mol. The second-order valence-corrected chi connectivity index (χ2v) is 11.4. The van der Waals surface area contributed by atoms with Crippen LogP contribution < -0.4 is 0 Å². The van der Waals surface area contributed by atoms with Crippen molar-refractivity contribution >= 4 is 25.3 Å². The Kier molecular flexibility index (Phi) is 17.0. The maximum atomic E-state index is 12.0. The summed E-state index contributed by atoms with van der Waals surface area (Å²) in [5.74, 6) is 0.675. The van der Waals surface area contributed by atoms with Crippen molar-refractivity contribution in [1.82, 2.24) is 14.2 Å². The first-order chi connectivity index (χ1) is 14.1. The van der Waals surface area contributed by atoms with Crippen molar-refractivity contribution in [2.24, 2.45) is 0 Å². The van der Waals surface area contributed by atoms with Gasteiger partial charge in [-0.05, 0) is 68.5 Å². The molecule has 0 aliphatic rings. The minimum Gasteiger partial charge on any atom is -0.354 e. The number of hydrogen-bond donors (Lipinski definition) is 0. The van der Waals surface area contributed by atoms with Crippen molar-refractivity contribution in [3.05, 3.63) is 0 Å². The van der Waals surface area contributed by atoms with Crippen LogP contribution in [-0.2, 0) is 14.1 Å². The van der Waals surface area contributed by atoms with Gasteiger partial charge < -0.3 is 14.2 Å². The highest BCUT2D eigenvalue weighted by atomic mass is 32.2. The molecule has 0 aromatic carbocycles. The third-order valence-electron chi connectivity index (χ3n) is 4.78. The Morgan fingerprint density at radius 3 is 1.73 bits per heavy atom. The lowest BCUT2D eigenvalue weighted by molar-refractivity contribution is -0.111. The molecule has 30 heavy (non-hydrogen) atoms. The first-order valence-electron chi connectivity index (χ1n) is 11.5. The van der Waals surface area contributed by atoms with E-state index in [4.69, 9.17) is 9.26 Å². The topological polar surface area (TPSA) is 45.3 Å². The van der Waals surface area contributed by atoms with Crippen molar-refractivity contribution in [3.8, 4) is 0 Å². The smallest absolute Gasteiger partial charge is 0.191 e. The molecule has 8 heteroatoms. The molecule has 0 N–H and O–H groups in total. The fourth-order valence-corrected chi connectivity index (χ4v) is 6.37. The van der Waals surface area contributed by atoms with Crippen LogP contribution in [0.5, 0.6) is 0 Å². The molecule has 0 aromatic heterocycles. The number of nitrogens with zero attached hydrogens (tertiary/aromatic N) is 3. The van der Waals surface area contributed by atoms with Crippen LogP contribution in [0, 0.1) is 0 Å². The average Bonchev–Trinajstić information content (AvgIpc) is 2.63. The molecule has 0 saturated heterocycles. The Hall–Kier alpha value is 0.250. The average molecular weight is 466 g/mol. The fourth-order valence-electron chi connectivity index (χ4n) is 3.45. The molecule has 0 unspecified atom stereocenters. The van der Waals surface area contributed by atoms with Crippen LogP contribution in [0.25, 0.3) is 0 Å². The minimum atomic E-state index is -0.933. The summed E-state index contributed by atoms with van der Waals surface area (Å²) < 4.78 is 17.0. The quantitative estimate of drug-likeness (QED) is 0.161. The number of carbonyl (C=O) groups is 1. The predicted molar refractivity (Wildman–Crippen MR) is 133 cm³/mol. The fraction of sp³-hybridized carbons (Fsp3) is 0.955. The van der Waals surface area contributed by atoms with E-state index < -0.39 is 8.45 Å². The Bertz CT molecular complexity index is 413. The van der Waals surface area contributed by atoms with Gasteiger partial charge in [-0.3, -0.25) is 4.79 Å². The van der Waals surface area contributed by atoms with Gasteiger partial charge in [0.2, 0.25) is 0 Å². The molecule has 0 heterocycles. The molecule has 0 rings (SSSR count). The molecule has 180 valence electrons. The maximum Gasteiger partial charge on any atom is 0.191 e. The Morgan fingerprint density at radius 2 is 1.33 bits per heavy atom. The summed E-state index contributed by atoms with van der Waals surface area (Å²) in [6, 6.07) is 1.54. The predicted octanol–water partition coefficient (Wildman–Crippen LogP) is 5.43. The van der Waals surface area contributed by atoms with Crippen molar-refractivity contribution in [1.29, 1.82) is 0 Å². The molecule has 0 fully saturated rings. The van der Waals surface area contributed by atoms with E-state index in [0.29, 0.717) is 42.9 Å². The molecule has 0 saturated carbocycles. The van der Waals surface area contributed by atoms with Crippen LogP contribution >= 0.6 is 20.2 Å². The summed E-state index contributed by atoms with van der Waals surface area (Å²) in [6.45, 7) is 25.6. The van der Waals surface area contributed by atoms with E-state index in [1.54, 1.807) is 0 Å². The van der Waals surface area contributed by atoms with E-state index in [9.17, 15) is 4.79 Å². The minimum absolute atomic E-state index is 0.241. The molecule has 0 radical (unpaired) electrons. The normalized spacial score (nSPS) is 12.9. The monoisotopic (exact) mass is 465 g/mol. The SMILES string of the molecule is CCN(CC)CCC(=O)SCCOCOP(N(C(C)C)C(C)C)N(C(C)C)C(C)C. The van der Waals surface area contributed by atoms with Gasteiger partial charge in [-0.25, -0.2) is 9.34 Å². The number of hydrogen-bond acceptors (Lipinski definition) is 7. The van der Waals surface area contributed by atoms with Crippen molar-refractivity contribution in [2.45, 2.75) is 99.8 Å². The highest BCUT2D eigenvalue weighted by molar-refractivity contribution is 8.13. The first-order valence-corrected chi connectivity index (χ1v) is 13.7. The third-order valence-corrected chi connectivity index (χ3v) is 8.65.